The second-order valence-electron chi connectivity index (χ2n) is 10.9. The van der Waals surface area contributed by atoms with Crippen molar-refractivity contribution in [2.75, 3.05) is 4.90 Å². The number of hydrogen-bond donors (Lipinski definition) is 0. The Morgan fingerprint density at radius 1 is 0.486 bits per heavy atom. The molecule has 190 valence electrons. The minimum atomic E-state index is 1.15. The molecule has 0 bridgehead atoms. The van der Waals surface area contributed by atoms with Crippen LogP contribution >= 0.6 is 0 Å². The summed E-state index contributed by atoms with van der Waals surface area (Å²) in [6.45, 7) is 4.29. The van der Waals surface area contributed by atoms with Gasteiger partial charge in [-0.15, -0.1) is 0 Å². The molecule has 5 rings (SSSR count). The van der Waals surface area contributed by atoms with E-state index in [-0.39, 0.29) is 0 Å². The third-order valence-electron chi connectivity index (χ3n) is 7.87. The first kappa shape index (κ1) is 25.3. The van der Waals surface area contributed by atoms with Gasteiger partial charge in [0.15, 0.2) is 0 Å². The summed E-state index contributed by atoms with van der Waals surface area (Å²) in [5.74, 6) is 0. The molecule has 0 radical (unpaired) electrons. The lowest BCUT2D eigenvalue weighted by Crippen LogP contribution is -2.10. The van der Waals surface area contributed by atoms with Crippen LogP contribution in [0.3, 0.4) is 0 Å². The summed E-state index contributed by atoms with van der Waals surface area (Å²) in [4.78, 5) is 2.38. The molecule has 0 spiro atoms. The molecular weight excluding hydrogens is 446 g/mol. The van der Waals surface area contributed by atoms with Crippen LogP contribution < -0.4 is 4.90 Å². The van der Waals surface area contributed by atoms with Crippen LogP contribution in [0, 0.1) is 13.8 Å². The van der Waals surface area contributed by atoms with E-state index in [0.29, 0.717) is 0 Å². The Hall–Kier alpha value is -3.32. The number of benzene rings is 4. The van der Waals surface area contributed by atoms with E-state index in [0.717, 1.165) is 6.42 Å². The molecule has 0 aliphatic heterocycles. The van der Waals surface area contributed by atoms with Gasteiger partial charge in [-0.1, -0.05) is 91.4 Å². The van der Waals surface area contributed by atoms with Crippen molar-refractivity contribution in [2.24, 2.45) is 0 Å². The lowest BCUT2D eigenvalue weighted by Gasteiger charge is -2.26. The largest absolute Gasteiger partial charge is 0.310 e. The Labute approximate surface area is 224 Å². The third kappa shape index (κ3) is 6.72. The van der Waals surface area contributed by atoms with Crippen molar-refractivity contribution in [2.45, 2.75) is 78.1 Å². The Bertz CT molecular complexity index is 1240. The second kappa shape index (κ2) is 12.3. The second-order valence-corrected chi connectivity index (χ2v) is 10.9. The standard InChI is InChI=1S/C36H41N/c1-28-14-22-34(23-15-28)37(35-24-16-29(2)17-25-35)36-13-9-12-30(27-36)10-7-5-3-4-6-8-11-31-18-19-32-20-21-33(32)26-31/h9,12-19,22-27H,3-8,10-11,20-21H2,1-2H3. The minimum absolute atomic E-state index is 1.15. The van der Waals surface area contributed by atoms with Crippen molar-refractivity contribution in [1.82, 2.24) is 0 Å². The molecule has 0 aromatic heterocycles. The van der Waals surface area contributed by atoms with Crippen LogP contribution in [0.4, 0.5) is 17.1 Å². The van der Waals surface area contributed by atoms with Crippen LogP contribution in [0.1, 0.15) is 71.9 Å². The number of hydrogen-bond acceptors (Lipinski definition) is 1. The number of anilines is 3. The van der Waals surface area contributed by atoms with Gasteiger partial charge in [-0.3, -0.25) is 0 Å². The fourth-order valence-corrected chi connectivity index (χ4v) is 5.46. The first-order valence-corrected chi connectivity index (χ1v) is 14.3. The number of rotatable bonds is 12. The fraction of sp³-hybridized carbons (Fsp3) is 0.333. The fourth-order valence-electron chi connectivity index (χ4n) is 5.46. The highest BCUT2D eigenvalue weighted by atomic mass is 15.1. The van der Waals surface area contributed by atoms with E-state index < -0.39 is 0 Å². The summed E-state index contributed by atoms with van der Waals surface area (Å²) in [6, 6.07) is 34.0. The summed E-state index contributed by atoms with van der Waals surface area (Å²) in [7, 11) is 0. The van der Waals surface area contributed by atoms with Gasteiger partial charge in [-0.25, -0.2) is 0 Å². The molecule has 4 aromatic carbocycles. The van der Waals surface area contributed by atoms with E-state index in [1.54, 1.807) is 16.7 Å². The highest BCUT2D eigenvalue weighted by Gasteiger charge is 2.13. The molecule has 1 aliphatic carbocycles. The smallest absolute Gasteiger partial charge is 0.0464 e. The molecule has 0 saturated heterocycles. The Morgan fingerprint density at radius 3 is 1.57 bits per heavy atom. The van der Waals surface area contributed by atoms with Gasteiger partial charge in [0, 0.05) is 17.1 Å². The van der Waals surface area contributed by atoms with E-state index >= 15 is 0 Å². The lowest BCUT2D eigenvalue weighted by molar-refractivity contribution is 0.593. The van der Waals surface area contributed by atoms with Gasteiger partial charge < -0.3 is 4.90 Å². The van der Waals surface area contributed by atoms with Crippen molar-refractivity contribution in [3.8, 4) is 0 Å². The van der Waals surface area contributed by atoms with E-state index in [1.165, 1.54) is 91.5 Å². The number of nitrogens with zero attached hydrogens (tertiary/aromatic N) is 1. The van der Waals surface area contributed by atoms with Gasteiger partial charge in [0.25, 0.3) is 0 Å². The summed E-state index contributed by atoms with van der Waals surface area (Å²) in [6.07, 6.45) is 13.0. The molecule has 0 unspecified atom stereocenters. The van der Waals surface area contributed by atoms with Gasteiger partial charge >= 0.3 is 0 Å². The average Bonchev–Trinajstić information content (AvgIpc) is 2.90. The summed E-state index contributed by atoms with van der Waals surface area (Å²) < 4.78 is 0. The summed E-state index contributed by atoms with van der Waals surface area (Å²) in [5, 5.41) is 0. The Balaban J connectivity index is 1.11. The molecule has 0 saturated carbocycles. The molecule has 1 heteroatoms. The molecule has 0 amide bonds. The maximum absolute atomic E-state index is 2.45. The number of aryl methyl sites for hydroxylation is 6. The molecule has 1 aliphatic rings. The lowest BCUT2D eigenvalue weighted by atomic mass is 9.86. The van der Waals surface area contributed by atoms with Gasteiger partial charge in [-0.2, -0.15) is 0 Å². The topological polar surface area (TPSA) is 3.24 Å². The van der Waals surface area contributed by atoms with Crippen LogP contribution in [0.5, 0.6) is 0 Å². The molecule has 1 nitrogen and oxygen atoms in total. The van der Waals surface area contributed by atoms with Crippen LogP contribution in [0.15, 0.2) is 91.0 Å². The first-order valence-electron chi connectivity index (χ1n) is 14.3. The van der Waals surface area contributed by atoms with E-state index in [2.05, 4.69) is 110 Å². The Kier molecular flexibility index (Phi) is 8.41. The SMILES string of the molecule is Cc1ccc(N(c2ccc(C)cc2)c2cccc(CCCCCCCCc3ccc4c(c3)CC4)c2)cc1. The van der Waals surface area contributed by atoms with Gasteiger partial charge in [-0.05, 0) is 111 Å². The quantitative estimate of drug-likeness (QED) is 0.180. The predicted octanol–water partition coefficient (Wildman–Crippen LogP) is 10.00. The number of unbranched alkanes of at least 4 members (excludes halogenated alkanes) is 5. The number of fused-ring (bicyclic) bond motifs is 1. The predicted molar refractivity (Wildman–Crippen MR) is 160 cm³/mol. The third-order valence-corrected chi connectivity index (χ3v) is 7.87. The summed E-state index contributed by atoms with van der Waals surface area (Å²) in [5.41, 5.74) is 12.4. The zero-order valence-electron chi connectivity index (χ0n) is 22.7. The first-order chi connectivity index (χ1) is 18.2. The van der Waals surface area contributed by atoms with E-state index in [1.807, 2.05) is 0 Å². The van der Waals surface area contributed by atoms with Crippen molar-refractivity contribution >= 4 is 17.1 Å². The van der Waals surface area contributed by atoms with Crippen molar-refractivity contribution in [3.63, 3.8) is 0 Å². The maximum Gasteiger partial charge on any atom is 0.0464 e. The Morgan fingerprint density at radius 2 is 1.03 bits per heavy atom. The van der Waals surface area contributed by atoms with E-state index in [9.17, 15) is 0 Å². The van der Waals surface area contributed by atoms with E-state index in [4.69, 9.17) is 0 Å². The minimum Gasteiger partial charge on any atom is -0.310 e. The molecule has 0 N–H and O–H groups in total. The average molecular weight is 488 g/mol. The molecule has 4 aromatic rings. The van der Waals surface area contributed by atoms with Crippen LogP contribution in [0.25, 0.3) is 0 Å². The zero-order chi connectivity index (χ0) is 25.5. The molecular formula is C36H41N. The van der Waals surface area contributed by atoms with Crippen molar-refractivity contribution < 1.29 is 0 Å². The molecule has 0 atom stereocenters. The molecule has 0 fully saturated rings. The van der Waals surface area contributed by atoms with Crippen LogP contribution in [-0.2, 0) is 25.7 Å². The van der Waals surface area contributed by atoms with Crippen molar-refractivity contribution in [3.05, 3.63) is 124 Å². The van der Waals surface area contributed by atoms with Gasteiger partial charge in [0.2, 0.25) is 0 Å². The zero-order valence-corrected chi connectivity index (χ0v) is 22.7. The van der Waals surface area contributed by atoms with Gasteiger partial charge in [0.05, 0.1) is 0 Å². The van der Waals surface area contributed by atoms with Crippen molar-refractivity contribution in [1.29, 1.82) is 0 Å². The highest BCUT2D eigenvalue weighted by Crippen LogP contribution is 2.35. The molecule has 0 heterocycles. The van der Waals surface area contributed by atoms with Crippen LogP contribution in [-0.4, -0.2) is 0 Å². The highest BCUT2D eigenvalue weighted by molar-refractivity contribution is 5.76. The van der Waals surface area contributed by atoms with Crippen LogP contribution in [0.2, 0.25) is 0 Å². The van der Waals surface area contributed by atoms with Gasteiger partial charge in [0.1, 0.15) is 0 Å². The maximum atomic E-state index is 2.45. The summed E-state index contributed by atoms with van der Waals surface area (Å²) >= 11 is 0. The monoisotopic (exact) mass is 487 g/mol. The molecule has 37 heavy (non-hydrogen) atoms. The normalized spacial score (nSPS) is 12.2.